The van der Waals surface area contributed by atoms with Crippen molar-refractivity contribution in [3.05, 3.63) is 47.5 Å². The van der Waals surface area contributed by atoms with Gasteiger partial charge in [0.1, 0.15) is 22.1 Å². The zero-order valence-corrected chi connectivity index (χ0v) is 15.3. The van der Waals surface area contributed by atoms with Gasteiger partial charge >= 0.3 is 10.1 Å². The normalized spacial score (nSPS) is 12.3. The summed E-state index contributed by atoms with van der Waals surface area (Å²) in [4.78, 5) is 10.7. The maximum absolute atomic E-state index is 12.6. The lowest BCUT2D eigenvalue weighted by atomic mass is 10.2. The van der Waals surface area contributed by atoms with E-state index < -0.39 is 16.2 Å². The summed E-state index contributed by atoms with van der Waals surface area (Å²) in [5, 5.41) is 0. The highest BCUT2D eigenvalue weighted by Crippen LogP contribution is 2.30. The third-order valence-electron chi connectivity index (χ3n) is 3.33. The topological polar surface area (TPSA) is 78.9 Å². The quantitative estimate of drug-likeness (QED) is 0.555. The van der Waals surface area contributed by atoms with Gasteiger partial charge in [0.25, 0.3) is 0 Å². The molecular weight excluding hydrogens is 344 g/mol. The second kappa shape index (κ2) is 7.57. The van der Waals surface area contributed by atoms with Gasteiger partial charge < -0.3 is 13.7 Å². The maximum atomic E-state index is 12.6. The monoisotopic (exact) mass is 364 g/mol. The van der Waals surface area contributed by atoms with Crippen LogP contribution in [0.25, 0.3) is 0 Å². The highest BCUT2D eigenvalue weighted by atomic mass is 32.2. The van der Waals surface area contributed by atoms with Crippen LogP contribution in [0, 0.1) is 13.8 Å². The number of rotatable bonds is 7. The van der Waals surface area contributed by atoms with Crippen LogP contribution in [-0.2, 0) is 14.9 Å². The summed E-state index contributed by atoms with van der Waals surface area (Å²) in [7, 11) is -2.70. The average Bonchev–Trinajstić information content (AvgIpc) is 2.53. The summed E-state index contributed by atoms with van der Waals surface area (Å²) in [6, 6.07) is 9.48. The molecule has 0 aliphatic rings. The minimum absolute atomic E-state index is 0.0553. The molecule has 0 heterocycles. The molecule has 0 N–H and O–H groups in total. The number of benzene rings is 2. The molecule has 1 unspecified atom stereocenters. The fraction of sp³-hybridized carbons (Fsp3) is 0.278. The van der Waals surface area contributed by atoms with Gasteiger partial charge in [-0.2, -0.15) is 8.42 Å². The van der Waals surface area contributed by atoms with E-state index in [1.54, 1.807) is 45.0 Å². The molecule has 1 atom stereocenters. The van der Waals surface area contributed by atoms with Gasteiger partial charge in [-0.3, -0.25) is 4.79 Å². The van der Waals surface area contributed by atoms with Gasteiger partial charge in [0, 0.05) is 6.07 Å². The molecule has 2 rings (SSSR count). The Morgan fingerprint density at radius 1 is 1.00 bits per heavy atom. The third-order valence-corrected chi connectivity index (χ3v) is 4.60. The predicted molar refractivity (Wildman–Crippen MR) is 92.9 cm³/mol. The van der Waals surface area contributed by atoms with Gasteiger partial charge in [-0.05, 0) is 56.2 Å². The Morgan fingerprint density at radius 2 is 1.68 bits per heavy atom. The second-order valence-corrected chi connectivity index (χ2v) is 7.15. The van der Waals surface area contributed by atoms with Crippen molar-refractivity contribution in [2.45, 2.75) is 31.8 Å². The van der Waals surface area contributed by atoms with Crippen LogP contribution in [0.15, 0.2) is 41.3 Å². The largest absolute Gasteiger partial charge is 0.495 e. The molecular formula is C18H20O6S. The molecule has 0 saturated carbocycles. The summed E-state index contributed by atoms with van der Waals surface area (Å²) >= 11 is 0. The smallest absolute Gasteiger partial charge is 0.342 e. The molecule has 0 aromatic heterocycles. The van der Waals surface area contributed by atoms with Crippen LogP contribution >= 0.6 is 0 Å². The summed E-state index contributed by atoms with van der Waals surface area (Å²) in [5.74, 6) is 0.641. The van der Waals surface area contributed by atoms with Gasteiger partial charge in [-0.25, -0.2) is 0 Å². The molecule has 0 aliphatic carbocycles. The Morgan fingerprint density at radius 3 is 2.32 bits per heavy atom. The van der Waals surface area contributed by atoms with E-state index in [9.17, 15) is 13.2 Å². The molecule has 25 heavy (non-hydrogen) atoms. The number of methoxy groups -OCH3 is 1. The molecule has 6 nitrogen and oxygen atoms in total. The van der Waals surface area contributed by atoms with Crippen molar-refractivity contribution in [1.82, 2.24) is 0 Å². The van der Waals surface area contributed by atoms with Gasteiger partial charge in [-0.15, -0.1) is 0 Å². The number of aryl methyl sites for hydroxylation is 2. The first-order chi connectivity index (χ1) is 11.7. The molecule has 2 aromatic rings. The van der Waals surface area contributed by atoms with Gasteiger partial charge in [0.15, 0.2) is 12.4 Å². The predicted octanol–water partition coefficient (Wildman–Crippen LogP) is 3.05. The van der Waals surface area contributed by atoms with Crippen LogP contribution < -0.4 is 13.7 Å². The molecule has 0 amide bonds. The maximum Gasteiger partial charge on any atom is 0.342 e. The van der Waals surface area contributed by atoms with E-state index in [2.05, 4.69) is 0 Å². The van der Waals surface area contributed by atoms with Crippen LogP contribution in [0.1, 0.15) is 18.1 Å². The van der Waals surface area contributed by atoms with E-state index in [0.717, 1.165) is 11.1 Å². The minimum Gasteiger partial charge on any atom is -0.495 e. The summed E-state index contributed by atoms with van der Waals surface area (Å²) < 4.78 is 41.0. The number of carbonyl (C=O) groups excluding carboxylic acids is 1. The Balaban J connectivity index is 2.38. The van der Waals surface area contributed by atoms with E-state index >= 15 is 0 Å². The van der Waals surface area contributed by atoms with Gasteiger partial charge in [0.2, 0.25) is 0 Å². The van der Waals surface area contributed by atoms with E-state index in [4.69, 9.17) is 13.7 Å². The fourth-order valence-electron chi connectivity index (χ4n) is 2.22. The second-order valence-electron chi connectivity index (χ2n) is 5.63. The molecule has 7 heteroatoms. The summed E-state index contributed by atoms with van der Waals surface area (Å²) in [5.41, 5.74) is 1.49. The fourth-order valence-corrected chi connectivity index (χ4v) is 3.39. The first-order valence-corrected chi connectivity index (χ1v) is 8.99. The molecule has 0 radical (unpaired) electrons. The lowest BCUT2D eigenvalue weighted by molar-refractivity contribution is -0.113. The van der Waals surface area contributed by atoms with Crippen LogP contribution in [0.2, 0.25) is 0 Å². The SMILES string of the molecule is COc1ccc(C)cc1S(=O)(=O)Oc1cc(C)cc(OC(C)C=O)c1. The van der Waals surface area contributed by atoms with Gasteiger partial charge in [-0.1, -0.05) is 6.07 Å². The minimum atomic E-state index is -4.10. The number of carbonyl (C=O) groups is 1. The highest BCUT2D eigenvalue weighted by Gasteiger charge is 2.22. The van der Waals surface area contributed by atoms with E-state index in [1.165, 1.54) is 19.2 Å². The van der Waals surface area contributed by atoms with E-state index in [1.807, 2.05) is 0 Å². The number of aldehydes is 1. The molecule has 134 valence electrons. The molecule has 0 fully saturated rings. The zero-order chi connectivity index (χ0) is 18.6. The molecule has 0 spiro atoms. The van der Waals surface area contributed by atoms with Gasteiger partial charge in [0.05, 0.1) is 7.11 Å². The standard InChI is InChI=1S/C18H20O6S/c1-12-5-6-17(22-4)18(9-12)25(20,21)24-16-8-13(2)7-15(10-16)23-14(3)11-19/h5-11,14H,1-4H3. The zero-order valence-electron chi connectivity index (χ0n) is 14.5. The number of ether oxygens (including phenoxy) is 2. The lowest BCUT2D eigenvalue weighted by Crippen LogP contribution is -2.14. The summed E-state index contributed by atoms with van der Waals surface area (Å²) in [6.45, 7) is 5.13. The highest BCUT2D eigenvalue weighted by molar-refractivity contribution is 7.87. The lowest BCUT2D eigenvalue weighted by Gasteiger charge is -2.14. The first-order valence-electron chi connectivity index (χ1n) is 7.58. The van der Waals surface area contributed by atoms with Crippen molar-refractivity contribution < 1.29 is 26.9 Å². The Kier molecular flexibility index (Phi) is 5.69. The van der Waals surface area contributed by atoms with Crippen LogP contribution in [0.5, 0.6) is 17.2 Å². The van der Waals surface area contributed by atoms with Crippen molar-refractivity contribution in [2.75, 3.05) is 7.11 Å². The molecule has 0 saturated heterocycles. The Labute approximate surface area is 147 Å². The van der Waals surface area contributed by atoms with Crippen molar-refractivity contribution in [3.63, 3.8) is 0 Å². The summed E-state index contributed by atoms with van der Waals surface area (Å²) in [6.07, 6.45) is 0.000131. The number of hydrogen-bond donors (Lipinski definition) is 0. The van der Waals surface area contributed by atoms with Crippen molar-refractivity contribution in [2.24, 2.45) is 0 Å². The number of hydrogen-bond acceptors (Lipinski definition) is 6. The van der Waals surface area contributed by atoms with Crippen LogP contribution in [0.3, 0.4) is 0 Å². The van der Waals surface area contributed by atoms with Crippen molar-refractivity contribution in [3.8, 4) is 17.2 Å². The van der Waals surface area contributed by atoms with E-state index in [-0.39, 0.29) is 16.4 Å². The molecule has 2 aromatic carbocycles. The van der Waals surface area contributed by atoms with Crippen molar-refractivity contribution in [1.29, 1.82) is 0 Å². The Hall–Kier alpha value is -2.54. The average molecular weight is 364 g/mol. The molecule has 0 bridgehead atoms. The van der Waals surface area contributed by atoms with Crippen LogP contribution in [0.4, 0.5) is 0 Å². The molecule has 0 aliphatic heterocycles. The Bertz CT molecular complexity index is 873. The van der Waals surface area contributed by atoms with Crippen LogP contribution in [-0.4, -0.2) is 27.9 Å². The van der Waals surface area contributed by atoms with E-state index in [0.29, 0.717) is 12.0 Å². The third kappa shape index (κ3) is 4.73. The first kappa shape index (κ1) is 18.8. The van der Waals surface area contributed by atoms with Crippen molar-refractivity contribution >= 4 is 16.4 Å².